The molecule has 3 fully saturated rings. The lowest BCUT2D eigenvalue weighted by atomic mass is 9.87. The second-order valence-corrected chi connectivity index (χ2v) is 10.2. The Bertz CT molecular complexity index is 637. The minimum atomic E-state index is -1.30. The second kappa shape index (κ2) is 10.8. The average molecular weight is 455 g/mol. The molecule has 2 atom stereocenters. The van der Waals surface area contributed by atoms with Gasteiger partial charge in [-0.3, -0.25) is 9.69 Å². The summed E-state index contributed by atoms with van der Waals surface area (Å²) in [6.45, 7) is 10.2. The zero-order valence-corrected chi connectivity index (χ0v) is 20.6. The fraction of sp³-hybridized carbons (Fsp3) is 0.917. The van der Waals surface area contributed by atoms with Gasteiger partial charge in [0.2, 0.25) is 0 Å². The van der Waals surface area contributed by atoms with Gasteiger partial charge in [0.15, 0.2) is 0 Å². The van der Waals surface area contributed by atoms with Crippen molar-refractivity contribution in [1.82, 2.24) is 9.80 Å². The van der Waals surface area contributed by atoms with Gasteiger partial charge in [-0.1, -0.05) is 0 Å². The minimum absolute atomic E-state index is 0.0870. The van der Waals surface area contributed by atoms with Gasteiger partial charge in [-0.2, -0.15) is 0 Å². The molecule has 0 amide bonds. The van der Waals surface area contributed by atoms with Crippen LogP contribution in [0.2, 0.25) is 0 Å². The summed E-state index contributed by atoms with van der Waals surface area (Å²) >= 11 is 0. The molecule has 0 N–H and O–H groups in total. The van der Waals surface area contributed by atoms with Gasteiger partial charge in [0.25, 0.3) is 5.85 Å². The topological polar surface area (TPSA) is 77.5 Å². The first kappa shape index (κ1) is 25.4. The molecule has 3 rings (SSSR count). The number of esters is 2. The van der Waals surface area contributed by atoms with E-state index in [1.54, 1.807) is 7.11 Å². The van der Waals surface area contributed by atoms with Crippen LogP contribution in [0.15, 0.2) is 0 Å². The van der Waals surface area contributed by atoms with E-state index < -0.39 is 11.4 Å². The van der Waals surface area contributed by atoms with Crippen molar-refractivity contribution in [2.75, 3.05) is 33.4 Å². The van der Waals surface area contributed by atoms with Crippen LogP contribution in [0.3, 0.4) is 0 Å². The van der Waals surface area contributed by atoms with Crippen LogP contribution in [0.5, 0.6) is 0 Å². The fourth-order valence-corrected chi connectivity index (χ4v) is 5.22. The molecular formula is C24H42N2O6. The molecule has 3 aliphatic rings. The van der Waals surface area contributed by atoms with E-state index in [9.17, 15) is 9.59 Å². The molecule has 2 aliphatic heterocycles. The third-order valence-corrected chi connectivity index (χ3v) is 6.68. The van der Waals surface area contributed by atoms with Crippen molar-refractivity contribution in [2.45, 2.75) is 103 Å². The van der Waals surface area contributed by atoms with Crippen molar-refractivity contribution in [1.29, 1.82) is 0 Å². The summed E-state index contributed by atoms with van der Waals surface area (Å²) in [5.74, 6) is -1.87. The Morgan fingerprint density at radius 1 is 0.938 bits per heavy atom. The highest BCUT2D eigenvalue weighted by molar-refractivity contribution is 5.79. The van der Waals surface area contributed by atoms with Crippen molar-refractivity contribution in [3.8, 4) is 0 Å². The third kappa shape index (κ3) is 5.64. The van der Waals surface area contributed by atoms with Gasteiger partial charge >= 0.3 is 11.9 Å². The number of hydrogen-bond acceptors (Lipinski definition) is 8. The molecular weight excluding hydrogens is 412 g/mol. The van der Waals surface area contributed by atoms with E-state index in [4.69, 9.17) is 18.9 Å². The summed E-state index contributed by atoms with van der Waals surface area (Å²) in [4.78, 5) is 30.3. The molecule has 0 radical (unpaired) electrons. The zero-order chi connectivity index (χ0) is 23.4. The first-order valence-electron chi connectivity index (χ1n) is 12.3. The fourth-order valence-electron chi connectivity index (χ4n) is 5.22. The lowest BCUT2D eigenvalue weighted by Crippen LogP contribution is -2.69. The summed E-state index contributed by atoms with van der Waals surface area (Å²) in [5.41, 5.74) is -0.630. The molecule has 8 nitrogen and oxygen atoms in total. The summed E-state index contributed by atoms with van der Waals surface area (Å²) in [7, 11) is 1.69. The van der Waals surface area contributed by atoms with Crippen LogP contribution in [0.1, 0.15) is 79.1 Å². The molecule has 8 heteroatoms. The van der Waals surface area contributed by atoms with Gasteiger partial charge in [-0.05, 0) is 79.1 Å². The maximum Gasteiger partial charge on any atom is 0.371 e. The quantitative estimate of drug-likeness (QED) is 0.517. The van der Waals surface area contributed by atoms with Gasteiger partial charge < -0.3 is 18.9 Å². The smallest absolute Gasteiger partial charge is 0.371 e. The van der Waals surface area contributed by atoms with Gasteiger partial charge in [0.05, 0.1) is 18.6 Å². The first-order chi connectivity index (χ1) is 15.2. The van der Waals surface area contributed by atoms with Crippen LogP contribution in [0.4, 0.5) is 0 Å². The van der Waals surface area contributed by atoms with Crippen LogP contribution in [0.25, 0.3) is 0 Å². The lowest BCUT2D eigenvalue weighted by Gasteiger charge is -2.49. The van der Waals surface area contributed by atoms with Gasteiger partial charge in [-0.25, -0.2) is 9.69 Å². The highest BCUT2D eigenvalue weighted by atomic mass is 16.6. The summed E-state index contributed by atoms with van der Waals surface area (Å²) < 4.78 is 23.8. The Balaban J connectivity index is 1.87. The molecule has 0 aromatic rings. The summed E-state index contributed by atoms with van der Waals surface area (Å²) in [6.07, 6.45) is 6.36. The monoisotopic (exact) mass is 454 g/mol. The van der Waals surface area contributed by atoms with Crippen LogP contribution < -0.4 is 0 Å². The minimum Gasteiger partial charge on any atom is -0.466 e. The van der Waals surface area contributed by atoms with Crippen molar-refractivity contribution < 1.29 is 28.5 Å². The van der Waals surface area contributed by atoms with Crippen LogP contribution >= 0.6 is 0 Å². The highest BCUT2D eigenvalue weighted by Crippen LogP contribution is 2.39. The number of hydrogen-bond donors (Lipinski definition) is 0. The molecule has 0 spiro atoms. The maximum absolute atomic E-state index is 13.9. The van der Waals surface area contributed by atoms with Crippen LogP contribution in [0, 0.1) is 5.92 Å². The molecule has 2 unspecified atom stereocenters. The van der Waals surface area contributed by atoms with Crippen molar-refractivity contribution >= 4 is 11.9 Å². The van der Waals surface area contributed by atoms with E-state index in [1.165, 1.54) is 0 Å². The SMILES string of the molecule is CCOC(=O)C1CCC(OC(C(=O)OC(C)(C)C)(N2CCCC2)N2CCCC2OC)CC1. The Morgan fingerprint density at radius 2 is 1.59 bits per heavy atom. The Labute approximate surface area is 192 Å². The normalized spacial score (nSPS) is 29.6. The highest BCUT2D eigenvalue weighted by Gasteiger charge is 2.58. The number of methoxy groups -OCH3 is 1. The molecule has 0 bridgehead atoms. The van der Waals surface area contributed by atoms with E-state index in [2.05, 4.69) is 9.80 Å². The van der Waals surface area contributed by atoms with Crippen molar-refractivity contribution in [2.24, 2.45) is 5.92 Å². The van der Waals surface area contributed by atoms with Crippen molar-refractivity contribution in [3.05, 3.63) is 0 Å². The molecule has 32 heavy (non-hydrogen) atoms. The Kier molecular flexibility index (Phi) is 8.58. The number of nitrogens with zero attached hydrogens (tertiary/aromatic N) is 2. The number of carbonyl (C=O) groups excluding carboxylic acids is 2. The summed E-state index contributed by atoms with van der Waals surface area (Å²) in [5, 5.41) is 0. The van der Waals surface area contributed by atoms with Gasteiger partial charge in [0, 0.05) is 26.7 Å². The first-order valence-corrected chi connectivity index (χ1v) is 12.3. The van der Waals surface area contributed by atoms with Gasteiger partial charge in [0.1, 0.15) is 11.8 Å². The predicted molar refractivity (Wildman–Crippen MR) is 120 cm³/mol. The molecule has 0 aromatic carbocycles. The second-order valence-electron chi connectivity index (χ2n) is 10.2. The number of ether oxygens (including phenoxy) is 4. The molecule has 2 saturated heterocycles. The largest absolute Gasteiger partial charge is 0.466 e. The molecule has 0 aromatic heterocycles. The molecule has 1 aliphatic carbocycles. The number of carbonyl (C=O) groups is 2. The molecule has 184 valence electrons. The third-order valence-electron chi connectivity index (χ3n) is 6.68. The van der Waals surface area contributed by atoms with E-state index in [0.29, 0.717) is 38.8 Å². The number of likely N-dealkylation sites (tertiary alicyclic amines) is 2. The van der Waals surface area contributed by atoms with E-state index in [1.807, 2.05) is 27.7 Å². The molecule has 1 saturated carbocycles. The Hall–Kier alpha value is -1.22. The van der Waals surface area contributed by atoms with Crippen LogP contribution in [-0.4, -0.2) is 78.9 Å². The lowest BCUT2D eigenvalue weighted by molar-refractivity contribution is -0.294. The standard InChI is InChI=1S/C24H42N2O6/c1-6-30-21(27)18-11-13-19(14-12-18)31-24(25-15-7-8-16-25,22(28)32-23(2,3)4)26-17-9-10-20(26)29-5/h18-20H,6-17H2,1-5H3. The molecule has 2 heterocycles. The average Bonchev–Trinajstić information content (AvgIpc) is 3.43. The Morgan fingerprint density at radius 3 is 2.16 bits per heavy atom. The van der Waals surface area contributed by atoms with Crippen molar-refractivity contribution in [3.63, 3.8) is 0 Å². The van der Waals surface area contributed by atoms with E-state index in [0.717, 1.165) is 38.8 Å². The van der Waals surface area contributed by atoms with Gasteiger partial charge in [-0.15, -0.1) is 0 Å². The van der Waals surface area contributed by atoms with E-state index in [-0.39, 0.29) is 30.2 Å². The van der Waals surface area contributed by atoms with Crippen LogP contribution in [-0.2, 0) is 28.5 Å². The summed E-state index contributed by atoms with van der Waals surface area (Å²) in [6, 6.07) is 0. The van der Waals surface area contributed by atoms with E-state index >= 15 is 0 Å². The maximum atomic E-state index is 13.9. The predicted octanol–water partition coefficient (Wildman–Crippen LogP) is 3.28. The zero-order valence-electron chi connectivity index (χ0n) is 20.6. The number of rotatable bonds is 8.